The number of pyridine rings is 2. The first-order valence-corrected chi connectivity index (χ1v) is 9.90. The van der Waals surface area contributed by atoms with Crippen LogP contribution in [0.4, 0.5) is 5.69 Å². The van der Waals surface area contributed by atoms with Crippen LogP contribution in [0, 0.1) is 12.8 Å². The molecule has 0 radical (unpaired) electrons. The number of aryl methyl sites for hydroxylation is 2. The largest absolute Gasteiger partial charge is 0.495 e. The van der Waals surface area contributed by atoms with Crippen LogP contribution in [0.1, 0.15) is 29.3 Å². The van der Waals surface area contributed by atoms with E-state index < -0.39 is 0 Å². The Hall–Kier alpha value is -3.42. The number of aromatic nitrogens is 4. The van der Waals surface area contributed by atoms with Crippen molar-refractivity contribution in [1.29, 1.82) is 0 Å². The van der Waals surface area contributed by atoms with Crippen molar-refractivity contribution in [3.63, 3.8) is 0 Å². The number of nitrogens with zero attached hydrogens (tertiary/aromatic N) is 4. The van der Waals surface area contributed by atoms with Crippen molar-refractivity contribution in [2.24, 2.45) is 13.0 Å². The number of ether oxygens (including phenoxy) is 2. The summed E-state index contributed by atoms with van der Waals surface area (Å²) in [6.45, 7) is 2.97. The Kier molecular flexibility index (Phi) is 5.65. The van der Waals surface area contributed by atoms with Gasteiger partial charge in [-0.25, -0.2) is 4.68 Å². The minimum atomic E-state index is -0.207. The highest BCUT2D eigenvalue weighted by molar-refractivity contribution is 5.43. The summed E-state index contributed by atoms with van der Waals surface area (Å²) in [5.41, 5.74) is 3.23. The Morgan fingerprint density at radius 3 is 2.77 bits per heavy atom. The molecule has 3 heterocycles. The van der Waals surface area contributed by atoms with Gasteiger partial charge >= 0.3 is 0 Å². The molecule has 0 bridgehead atoms. The third-order valence-electron chi connectivity index (χ3n) is 5.22. The van der Waals surface area contributed by atoms with Crippen molar-refractivity contribution in [2.75, 3.05) is 19.0 Å². The Morgan fingerprint density at radius 1 is 1.20 bits per heavy atom. The zero-order valence-electron chi connectivity index (χ0n) is 17.3. The predicted molar refractivity (Wildman–Crippen MR) is 113 cm³/mol. The smallest absolute Gasteiger partial charge is 0.290 e. The summed E-state index contributed by atoms with van der Waals surface area (Å²) in [6, 6.07) is 9.50. The lowest BCUT2D eigenvalue weighted by molar-refractivity contribution is 0.278. The van der Waals surface area contributed by atoms with Gasteiger partial charge in [-0.2, -0.15) is 0 Å². The first-order chi connectivity index (χ1) is 14.5. The highest BCUT2D eigenvalue weighted by atomic mass is 16.5. The fraction of sp³-hybridized carbons (Fsp3) is 0.364. The molecule has 1 fully saturated rings. The fourth-order valence-corrected chi connectivity index (χ4v) is 3.29. The number of hydrogen-bond acceptors (Lipinski definition) is 7. The molecule has 3 aromatic rings. The molecule has 1 saturated carbocycles. The van der Waals surface area contributed by atoms with Gasteiger partial charge in [0.15, 0.2) is 0 Å². The third-order valence-corrected chi connectivity index (χ3v) is 5.22. The molecule has 0 saturated heterocycles. The van der Waals surface area contributed by atoms with Crippen molar-refractivity contribution in [3.05, 3.63) is 70.0 Å². The fourth-order valence-electron chi connectivity index (χ4n) is 3.29. The SMILES string of the molecule is COc1ccc([C@@H]2CC2COc2cc(NCc3ccc(C)cn3)c(=O)n(C)n2)nc1. The normalized spacial score (nSPS) is 17.4. The third kappa shape index (κ3) is 4.59. The molecular weight excluding hydrogens is 382 g/mol. The van der Waals surface area contributed by atoms with Gasteiger partial charge in [-0.3, -0.25) is 14.8 Å². The summed E-state index contributed by atoms with van der Waals surface area (Å²) < 4.78 is 12.3. The molecule has 1 aliphatic rings. The molecule has 3 aromatic heterocycles. The molecule has 156 valence electrons. The summed E-state index contributed by atoms with van der Waals surface area (Å²) >= 11 is 0. The number of hydrogen-bond donors (Lipinski definition) is 1. The summed E-state index contributed by atoms with van der Waals surface area (Å²) in [7, 11) is 3.25. The van der Waals surface area contributed by atoms with E-state index in [2.05, 4.69) is 20.4 Å². The van der Waals surface area contributed by atoms with Gasteiger partial charge in [0.2, 0.25) is 5.88 Å². The van der Waals surface area contributed by atoms with E-state index in [4.69, 9.17) is 9.47 Å². The number of nitrogens with one attached hydrogen (secondary N) is 1. The van der Waals surface area contributed by atoms with Gasteiger partial charge < -0.3 is 14.8 Å². The van der Waals surface area contributed by atoms with Crippen LogP contribution in [0.3, 0.4) is 0 Å². The maximum absolute atomic E-state index is 12.4. The predicted octanol–water partition coefficient (Wildman–Crippen LogP) is 2.68. The van der Waals surface area contributed by atoms with E-state index >= 15 is 0 Å². The second-order valence-electron chi connectivity index (χ2n) is 7.54. The van der Waals surface area contributed by atoms with Crippen LogP contribution in [-0.4, -0.2) is 33.5 Å². The first-order valence-electron chi connectivity index (χ1n) is 9.90. The summed E-state index contributed by atoms with van der Waals surface area (Å²) in [5.74, 6) is 1.94. The number of methoxy groups -OCH3 is 1. The van der Waals surface area contributed by atoms with Crippen molar-refractivity contribution in [3.8, 4) is 11.6 Å². The lowest BCUT2D eigenvalue weighted by Gasteiger charge is -2.10. The van der Waals surface area contributed by atoms with Crippen LogP contribution >= 0.6 is 0 Å². The molecule has 8 nitrogen and oxygen atoms in total. The first kappa shape index (κ1) is 19.9. The minimum Gasteiger partial charge on any atom is -0.495 e. The van der Waals surface area contributed by atoms with Crippen LogP contribution in [0.15, 0.2) is 47.5 Å². The summed E-state index contributed by atoms with van der Waals surface area (Å²) in [5, 5.41) is 7.36. The molecule has 0 aromatic carbocycles. The van der Waals surface area contributed by atoms with Gasteiger partial charge in [0.1, 0.15) is 11.4 Å². The molecule has 1 N–H and O–H groups in total. The average Bonchev–Trinajstić information content (AvgIpc) is 3.54. The molecule has 30 heavy (non-hydrogen) atoms. The van der Waals surface area contributed by atoms with E-state index in [9.17, 15) is 4.79 Å². The molecule has 4 rings (SSSR count). The van der Waals surface area contributed by atoms with Crippen molar-refractivity contribution >= 4 is 5.69 Å². The molecule has 0 spiro atoms. The van der Waals surface area contributed by atoms with Crippen LogP contribution in [-0.2, 0) is 13.6 Å². The molecule has 1 aliphatic carbocycles. The number of anilines is 1. The molecule has 1 unspecified atom stereocenters. The standard InChI is InChI=1S/C22H25N5O3/c1-14-4-5-16(23-10-14)11-24-20-9-21(26-27(2)22(20)28)30-13-15-8-18(15)19-7-6-17(29-3)12-25-19/h4-7,9-10,12,15,18,24H,8,11,13H2,1-3H3/t15?,18-/m1/s1. The van der Waals surface area contributed by atoms with Gasteiger partial charge in [0.25, 0.3) is 5.56 Å². The summed E-state index contributed by atoms with van der Waals surface area (Å²) in [6.07, 6.45) is 4.57. The second kappa shape index (κ2) is 8.52. The summed E-state index contributed by atoms with van der Waals surface area (Å²) in [4.78, 5) is 21.2. The van der Waals surface area contributed by atoms with E-state index in [-0.39, 0.29) is 5.56 Å². The topological polar surface area (TPSA) is 91.2 Å². The maximum Gasteiger partial charge on any atom is 0.290 e. The Balaban J connectivity index is 1.36. The van der Waals surface area contributed by atoms with E-state index in [1.807, 2.05) is 31.2 Å². The maximum atomic E-state index is 12.4. The van der Waals surface area contributed by atoms with Crippen LogP contribution in [0.2, 0.25) is 0 Å². The molecule has 0 amide bonds. The molecular formula is C22H25N5O3. The lowest BCUT2D eigenvalue weighted by atomic mass is 10.2. The van der Waals surface area contributed by atoms with E-state index in [1.165, 1.54) is 4.68 Å². The van der Waals surface area contributed by atoms with Crippen molar-refractivity contribution < 1.29 is 9.47 Å². The molecule has 8 heteroatoms. The lowest BCUT2D eigenvalue weighted by Crippen LogP contribution is -2.24. The monoisotopic (exact) mass is 407 g/mol. The van der Waals surface area contributed by atoms with Gasteiger partial charge in [-0.1, -0.05) is 6.07 Å². The van der Waals surface area contributed by atoms with Crippen LogP contribution in [0.5, 0.6) is 11.6 Å². The quantitative estimate of drug-likeness (QED) is 0.614. The Morgan fingerprint density at radius 2 is 2.07 bits per heavy atom. The Bertz CT molecular complexity index is 1060. The van der Waals surface area contributed by atoms with Crippen molar-refractivity contribution in [1.82, 2.24) is 19.7 Å². The van der Waals surface area contributed by atoms with E-state index in [0.29, 0.717) is 36.6 Å². The zero-order chi connectivity index (χ0) is 21.1. The van der Waals surface area contributed by atoms with Gasteiger partial charge in [-0.05, 0) is 37.1 Å². The minimum absolute atomic E-state index is 0.207. The van der Waals surface area contributed by atoms with E-state index in [0.717, 1.165) is 29.1 Å². The molecule has 2 atom stereocenters. The number of rotatable bonds is 8. The van der Waals surface area contributed by atoms with Crippen LogP contribution < -0.4 is 20.3 Å². The highest BCUT2D eigenvalue weighted by Gasteiger charge is 2.40. The van der Waals surface area contributed by atoms with Gasteiger partial charge in [-0.15, -0.1) is 5.10 Å². The van der Waals surface area contributed by atoms with Crippen molar-refractivity contribution in [2.45, 2.75) is 25.8 Å². The zero-order valence-corrected chi connectivity index (χ0v) is 17.3. The second-order valence-corrected chi connectivity index (χ2v) is 7.54. The Labute approximate surface area is 174 Å². The van der Waals surface area contributed by atoms with Gasteiger partial charge in [0, 0.05) is 36.8 Å². The van der Waals surface area contributed by atoms with E-state index in [1.54, 1.807) is 32.6 Å². The molecule has 0 aliphatic heterocycles. The van der Waals surface area contributed by atoms with Crippen LogP contribution in [0.25, 0.3) is 0 Å². The van der Waals surface area contributed by atoms with Gasteiger partial charge in [0.05, 0.1) is 32.2 Å². The average molecular weight is 407 g/mol. The highest BCUT2D eigenvalue weighted by Crippen LogP contribution is 2.46.